The van der Waals surface area contributed by atoms with Crippen LogP contribution in [0.1, 0.15) is 10.4 Å². The number of nitrogens with one attached hydrogen (secondary N) is 1. The molecule has 3 nitrogen and oxygen atoms in total. The van der Waals surface area contributed by atoms with Crippen LogP contribution in [0.5, 0.6) is 5.75 Å². The Morgan fingerprint density at radius 2 is 1.52 bits per heavy atom. The number of hydrogen-bond donors (Lipinski definition) is 1. The van der Waals surface area contributed by atoms with Crippen LogP contribution >= 0.6 is 0 Å². The Balaban J connectivity index is 1.59. The Hall–Kier alpha value is -3.28. The lowest BCUT2D eigenvalue weighted by molar-refractivity contribution is 0.0946. The van der Waals surface area contributed by atoms with Gasteiger partial charge in [-0.05, 0) is 23.8 Å². The molecular weight excluding hydrogens is 355 g/mol. The number of hydrogen-bond acceptors (Lipinski definition) is 2. The van der Waals surface area contributed by atoms with Gasteiger partial charge in [0.15, 0.2) is 17.5 Å². The largest absolute Gasteiger partial charge is 0.491 e. The first-order valence-electron chi connectivity index (χ1n) is 8.26. The summed E-state index contributed by atoms with van der Waals surface area (Å²) in [6.45, 7) is 0.268. The standard InChI is InChI=1S/C21H16F3NO2/c22-17-12-15(13-18(23)20(17)24)21(26)25-10-11-27-19-9-5-4-8-16(19)14-6-2-1-3-7-14/h1-9,12-13H,10-11H2,(H,25,26). The summed E-state index contributed by atoms with van der Waals surface area (Å²) in [5.41, 5.74) is 1.61. The third kappa shape index (κ3) is 4.47. The Bertz CT molecular complexity index is 922. The molecule has 1 amide bonds. The van der Waals surface area contributed by atoms with Gasteiger partial charge >= 0.3 is 0 Å². The van der Waals surface area contributed by atoms with Crippen molar-refractivity contribution in [2.75, 3.05) is 13.2 Å². The van der Waals surface area contributed by atoms with Crippen LogP contribution in [0.15, 0.2) is 66.7 Å². The van der Waals surface area contributed by atoms with Crippen LogP contribution in [0.4, 0.5) is 13.2 Å². The molecule has 3 aromatic rings. The normalized spacial score (nSPS) is 10.5. The molecule has 0 aromatic heterocycles. The summed E-state index contributed by atoms with van der Waals surface area (Å²) in [5, 5.41) is 2.48. The number of carbonyl (C=O) groups is 1. The van der Waals surface area contributed by atoms with Crippen molar-refractivity contribution in [1.82, 2.24) is 5.32 Å². The summed E-state index contributed by atoms with van der Waals surface area (Å²) >= 11 is 0. The van der Waals surface area contributed by atoms with Crippen LogP contribution in [-0.2, 0) is 0 Å². The first-order chi connectivity index (χ1) is 13.1. The lowest BCUT2D eigenvalue weighted by Crippen LogP contribution is -2.28. The van der Waals surface area contributed by atoms with E-state index in [-0.39, 0.29) is 18.7 Å². The summed E-state index contributed by atoms with van der Waals surface area (Å²) < 4.78 is 45.1. The van der Waals surface area contributed by atoms with Crippen LogP contribution in [-0.4, -0.2) is 19.1 Å². The fourth-order valence-corrected chi connectivity index (χ4v) is 2.56. The highest BCUT2D eigenvalue weighted by atomic mass is 19.2. The lowest BCUT2D eigenvalue weighted by Gasteiger charge is -2.12. The van der Waals surface area contributed by atoms with Gasteiger partial charge in [0.25, 0.3) is 5.91 Å². The Labute approximate surface area is 154 Å². The molecule has 0 saturated heterocycles. The second-order valence-corrected chi connectivity index (χ2v) is 5.72. The van der Waals surface area contributed by atoms with Gasteiger partial charge in [-0.1, -0.05) is 48.5 Å². The van der Waals surface area contributed by atoms with Gasteiger partial charge in [0.1, 0.15) is 12.4 Å². The van der Waals surface area contributed by atoms with E-state index in [0.717, 1.165) is 11.1 Å². The predicted molar refractivity (Wildman–Crippen MR) is 96.0 cm³/mol. The molecule has 0 aliphatic rings. The molecule has 3 rings (SSSR count). The highest BCUT2D eigenvalue weighted by Crippen LogP contribution is 2.29. The van der Waals surface area contributed by atoms with E-state index in [2.05, 4.69) is 5.32 Å². The van der Waals surface area contributed by atoms with Gasteiger partial charge in [-0.2, -0.15) is 0 Å². The zero-order chi connectivity index (χ0) is 19.2. The average Bonchev–Trinajstić information content (AvgIpc) is 2.69. The second-order valence-electron chi connectivity index (χ2n) is 5.72. The van der Waals surface area contributed by atoms with Crippen LogP contribution in [0.2, 0.25) is 0 Å². The topological polar surface area (TPSA) is 38.3 Å². The minimum atomic E-state index is -1.60. The summed E-state index contributed by atoms with van der Waals surface area (Å²) in [7, 11) is 0. The van der Waals surface area contributed by atoms with E-state index in [1.54, 1.807) is 0 Å². The second kappa shape index (κ2) is 8.40. The maximum atomic E-state index is 13.2. The highest BCUT2D eigenvalue weighted by molar-refractivity contribution is 5.94. The van der Waals surface area contributed by atoms with E-state index in [0.29, 0.717) is 17.9 Å². The molecule has 0 spiro atoms. The van der Waals surface area contributed by atoms with Crippen LogP contribution in [0, 0.1) is 17.5 Å². The van der Waals surface area contributed by atoms with Gasteiger partial charge in [-0.15, -0.1) is 0 Å². The predicted octanol–water partition coefficient (Wildman–Crippen LogP) is 4.58. The van der Waals surface area contributed by atoms with Crippen molar-refractivity contribution in [3.63, 3.8) is 0 Å². The van der Waals surface area contributed by atoms with Crippen LogP contribution < -0.4 is 10.1 Å². The minimum absolute atomic E-state index is 0.114. The van der Waals surface area contributed by atoms with E-state index in [1.807, 2.05) is 54.6 Å². The molecule has 27 heavy (non-hydrogen) atoms. The number of amides is 1. The van der Waals surface area contributed by atoms with E-state index in [1.165, 1.54) is 0 Å². The van der Waals surface area contributed by atoms with Gasteiger partial charge in [0.2, 0.25) is 0 Å². The molecule has 138 valence electrons. The third-order valence-electron chi connectivity index (χ3n) is 3.86. The van der Waals surface area contributed by atoms with Crippen molar-refractivity contribution < 1.29 is 22.7 Å². The van der Waals surface area contributed by atoms with E-state index < -0.39 is 23.4 Å². The molecule has 6 heteroatoms. The van der Waals surface area contributed by atoms with Crippen molar-refractivity contribution in [3.8, 4) is 16.9 Å². The Morgan fingerprint density at radius 1 is 0.889 bits per heavy atom. The fourth-order valence-electron chi connectivity index (χ4n) is 2.56. The maximum Gasteiger partial charge on any atom is 0.251 e. The van der Waals surface area contributed by atoms with Crippen LogP contribution in [0.3, 0.4) is 0 Å². The van der Waals surface area contributed by atoms with E-state index in [9.17, 15) is 18.0 Å². The molecule has 0 fully saturated rings. The average molecular weight is 371 g/mol. The number of ether oxygens (including phenoxy) is 1. The molecule has 3 aromatic carbocycles. The highest BCUT2D eigenvalue weighted by Gasteiger charge is 2.14. The molecule has 0 bridgehead atoms. The zero-order valence-corrected chi connectivity index (χ0v) is 14.2. The molecule has 0 saturated carbocycles. The SMILES string of the molecule is O=C(NCCOc1ccccc1-c1ccccc1)c1cc(F)c(F)c(F)c1. The van der Waals surface area contributed by atoms with Crippen molar-refractivity contribution >= 4 is 5.91 Å². The van der Waals surface area contributed by atoms with Gasteiger partial charge in [0.05, 0.1) is 6.54 Å². The monoisotopic (exact) mass is 371 g/mol. The van der Waals surface area contributed by atoms with Crippen molar-refractivity contribution in [1.29, 1.82) is 0 Å². The van der Waals surface area contributed by atoms with Gasteiger partial charge in [0, 0.05) is 11.1 Å². The number of carbonyl (C=O) groups excluding carboxylic acids is 1. The van der Waals surface area contributed by atoms with Crippen molar-refractivity contribution in [2.24, 2.45) is 0 Å². The fraction of sp³-hybridized carbons (Fsp3) is 0.0952. The number of para-hydroxylation sites is 1. The quantitative estimate of drug-likeness (QED) is 0.509. The smallest absolute Gasteiger partial charge is 0.251 e. The van der Waals surface area contributed by atoms with Gasteiger partial charge in [-0.25, -0.2) is 13.2 Å². The molecule has 0 atom stereocenters. The summed E-state index contributed by atoms with van der Waals surface area (Å²) in [5.74, 6) is -4.49. The van der Waals surface area contributed by atoms with Crippen molar-refractivity contribution in [2.45, 2.75) is 0 Å². The maximum absolute atomic E-state index is 13.2. The molecule has 0 aliphatic heterocycles. The number of rotatable bonds is 6. The Morgan fingerprint density at radius 3 is 2.22 bits per heavy atom. The van der Waals surface area contributed by atoms with E-state index in [4.69, 9.17) is 4.74 Å². The number of benzene rings is 3. The van der Waals surface area contributed by atoms with Gasteiger partial charge < -0.3 is 10.1 Å². The van der Waals surface area contributed by atoms with Gasteiger partial charge in [-0.3, -0.25) is 4.79 Å². The zero-order valence-electron chi connectivity index (χ0n) is 14.2. The summed E-state index contributed by atoms with van der Waals surface area (Å²) in [6.07, 6.45) is 0. The lowest BCUT2D eigenvalue weighted by atomic mass is 10.1. The molecule has 0 unspecified atom stereocenters. The molecular formula is C21H16F3NO2. The molecule has 0 aliphatic carbocycles. The molecule has 0 radical (unpaired) electrons. The first-order valence-corrected chi connectivity index (χ1v) is 8.26. The van der Waals surface area contributed by atoms with E-state index >= 15 is 0 Å². The molecule has 0 heterocycles. The minimum Gasteiger partial charge on any atom is -0.491 e. The summed E-state index contributed by atoms with van der Waals surface area (Å²) in [4.78, 5) is 11.9. The Kier molecular flexibility index (Phi) is 5.76. The van der Waals surface area contributed by atoms with Crippen LogP contribution in [0.25, 0.3) is 11.1 Å². The number of halogens is 3. The first kappa shape index (κ1) is 18.5. The third-order valence-corrected chi connectivity index (χ3v) is 3.86. The molecule has 1 N–H and O–H groups in total. The van der Waals surface area contributed by atoms with Crippen molar-refractivity contribution in [3.05, 3.63) is 89.7 Å². The summed E-state index contributed by atoms with van der Waals surface area (Å²) in [6, 6.07) is 18.5.